The van der Waals surface area contributed by atoms with Crippen LogP contribution in [-0.2, 0) is 0 Å². The summed E-state index contributed by atoms with van der Waals surface area (Å²) in [4.78, 5) is 0.617. The third kappa shape index (κ3) is 1.74. The Kier molecular flexibility index (Phi) is 2.72. The molecule has 98 valence electrons. The molecule has 0 aliphatic carbocycles. The minimum absolute atomic E-state index is 0.0396. The van der Waals surface area contributed by atoms with Gasteiger partial charge in [0.15, 0.2) is 5.69 Å². The molecule has 4 nitrogen and oxygen atoms in total. The molecule has 0 amide bonds. The number of hydrazone groups is 1. The molecule has 3 rings (SSSR count). The molecule has 7 heteroatoms. The van der Waals surface area contributed by atoms with E-state index in [1.165, 1.54) is 30.5 Å². The summed E-state index contributed by atoms with van der Waals surface area (Å²) in [5.41, 5.74) is 0.321. The minimum Gasteiger partial charge on any atom is -0.388 e. The number of fused-ring (bicyclic) bond motifs is 1. The molecule has 0 radical (unpaired) electrons. The zero-order valence-electron chi connectivity index (χ0n) is 10.3. The highest BCUT2D eigenvalue weighted by Crippen LogP contribution is 2.25. The number of para-hydroxylation sites is 1. The number of rotatable bonds is 1. The van der Waals surface area contributed by atoms with Crippen molar-refractivity contribution in [3.63, 3.8) is 0 Å². The Morgan fingerprint density at radius 3 is 2.50 bits per heavy atom. The van der Waals surface area contributed by atoms with Gasteiger partial charge >= 0.3 is 6.97 Å². The maximum Gasteiger partial charge on any atom is 0.753 e. The molecular weight excluding hydrogens is 261 g/mol. The molecule has 1 aromatic heterocycles. The zero-order valence-corrected chi connectivity index (χ0v) is 10.3. The van der Waals surface area contributed by atoms with E-state index in [9.17, 15) is 8.63 Å². The minimum atomic E-state index is -4.12. The molecule has 1 aliphatic heterocycles. The van der Waals surface area contributed by atoms with Gasteiger partial charge in [-0.3, -0.25) is 0 Å². The van der Waals surface area contributed by atoms with Crippen LogP contribution in [0.3, 0.4) is 0 Å². The van der Waals surface area contributed by atoms with Crippen LogP contribution in [0.2, 0.25) is 0 Å². The lowest BCUT2D eigenvalue weighted by Crippen LogP contribution is -2.72. The van der Waals surface area contributed by atoms with E-state index in [1.54, 1.807) is 24.3 Å². The summed E-state index contributed by atoms with van der Waals surface area (Å²) >= 11 is 0. The van der Waals surface area contributed by atoms with Crippen LogP contribution in [-0.4, -0.2) is 12.7 Å². The fourth-order valence-corrected chi connectivity index (χ4v) is 2.17. The van der Waals surface area contributed by atoms with Crippen molar-refractivity contribution in [1.82, 2.24) is 0 Å². The number of nitrogens with zero attached hydrogens (tertiary/aromatic N) is 4. The average Bonchev–Trinajstić information content (AvgIpc) is 2.48. The standard InChI is InChI=1S/C13H9BF2N4/c15-14(16)19-9-5-4-8-13(19)12(10-17)18-20(14)11-6-2-1-3-7-11/h1-9H. The van der Waals surface area contributed by atoms with Crippen LogP contribution < -0.4 is 9.40 Å². The van der Waals surface area contributed by atoms with E-state index in [4.69, 9.17) is 5.26 Å². The van der Waals surface area contributed by atoms with Crippen molar-refractivity contribution in [2.45, 2.75) is 0 Å². The summed E-state index contributed by atoms with van der Waals surface area (Å²) in [6.45, 7) is -4.12. The number of aromatic nitrogens is 1. The first-order valence-electron chi connectivity index (χ1n) is 6.00. The molecule has 0 saturated carbocycles. The van der Waals surface area contributed by atoms with Gasteiger partial charge in [0, 0.05) is 11.8 Å². The van der Waals surface area contributed by atoms with E-state index in [-0.39, 0.29) is 17.1 Å². The van der Waals surface area contributed by atoms with E-state index in [2.05, 4.69) is 5.10 Å². The van der Waals surface area contributed by atoms with Crippen molar-refractivity contribution in [3.8, 4) is 6.07 Å². The van der Waals surface area contributed by atoms with E-state index < -0.39 is 6.97 Å². The van der Waals surface area contributed by atoms with E-state index in [1.807, 2.05) is 6.07 Å². The van der Waals surface area contributed by atoms with Gasteiger partial charge in [-0.2, -0.15) is 10.4 Å². The fourth-order valence-electron chi connectivity index (χ4n) is 2.17. The molecular formula is C13H9BF2N4. The van der Waals surface area contributed by atoms with Crippen LogP contribution in [0.25, 0.3) is 0 Å². The number of halogens is 2. The second kappa shape index (κ2) is 4.42. The van der Waals surface area contributed by atoms with E-state index >= 15 is 0 Å². The highest BCUT2D eigenvalue weighted by atomic mass is 19.2. The van der Waals surface area contributed by atoms with Gasteiger partial charge in [0.2, 0.25) is 5.71 Å². The summed E-state index contributed by atoms with van der Waals surface area (Å²) in [6.07, 6.45) is 1.26. The molecule has 0 saturated heterocycles. The topological polar surface area (TPSA) is 43.3 Å². The fraction of sp³-hybridized carbons (Fsp3) is 0. The average molecular weight is 270 g/mol. The van der Waals surface area contributed by atoms with Crippen LogP contribution in [0.1, 0.15) is 5.69 Å². The summed E-state index contributed by atoms with van der Waals surface area (Å²) in [5, 5.41) is 12.9. The third-order valence-electron chi connectivity index (χ3n) is 3.10. The SMILES string of the molecule is N#CC1=NN(c2ccccc2)[B-](F)(F)[n+]2ccccc21. The molecule has 2 heterocycles. The number of nitriles is 1. The quantitative estimate of drug-likeness (QED) is 0.743. The Balaban J connectivity index is 2.22. The first-order valence-corrected chi connectivity index (χ1v) is 6.00. The van der Waals surface area contributed by atoms with Gasteiger partial charge < -0.3 is 18.0 Å². The van der Waals surface area contributed by atoms with Crippen molar-refractivity contribution in [2.75, 3.05) is 4.92 Å². The smallest absolute Gasteiger partial charge is 0.388 e. The highest BCUT2D eigenvalue weighted by molar-refractivity contribution is 6.62. The Hall–Kier alpha value is -2.75. The maximum atomic E-state index is 14.6. The summed E-state index contributed by atoms with van der Waals surface area (Å²) in [5.74, 6) is 0. The van der Waals surface area contributed by atoms with E-state index in [0.717, 1.165) is 4.48 Å². The maximum absolute atomic E-state index is 14.6. The van der Waals surface area contributed by atoms with Crippen molar-refractivity contribution in [2.24, 2.45) is 5.10 Å². The first-order chi connectivity index (χ1) is 9.64. The van der Waals surface area contributed by atoms with Crippen molar-refractivity contribution >= 4 is 18.4 Å². The van der Waals surface area contributed by atoms with Gasteiger partial charge in [-0.1, -0.05) is 24.3 Å². The number of anilines is 1. The highest BCUT2D eigenvalue weighted by Gasteiger charge is 2.52. The Bertz CT molecular complexity index is 725. The number of hydrogen-bond acceptors (Lipinski definition) is 3. The molecule has 0 N–H and O–H groups in total. The van der Waals surface area contributed by atoms with Crippen molar-refractivity contribution in [1.29, 1.82) is 5.26 Å². The predicted octanol–water partition coefficient (Wildman–Crippen LogP) is 1.94. The lowest BCUT2D eigenvalue weighted by atomic mass is 9.91. The molecule has 0 spiro atoms. The molecule has 1 aromatic carbocycles. The summed E-state index contributed by atoms with van der Waals surface area (Å²) in [7, 11) is 0. The predicted molar refractivity (Wildman–Crippen MR) is 71.1 cm³/mol. The van der Waals surface area contributed by atoms with Gasteiger partial charge in [-0.15, -0.1) is 0 Å². The monoisotopic (exact) mass is 270 g/mol. The molecule has 1 aliphatic rings. The summed E-state index contributed by atoms with van der Waals surface area (Å²) in [6, 6.07) is 14.5. The van der Waals surface area contributed by atoms with Crippen LogP contribution in [0, 0.1) is 11.3 Å². The second-order valence-corrected chi connectivity index (χ2v) is 4.32. The zero-order chi connectivity index (χ0) is 14.2. The van der Waals surface area contributed by atoms with Gasteiger partial charge in [0.1, 0.15) is 12.3 Å². The third-order valence-corrected chi connectivity index (χ3v) is 3.10. The molecule has 2 aromatic rings. The number of hydrogen-bond donors (Lipinski definition) is 0. The largest absolute Gasteiger partial charge is 0.753 e. The van der Waals surface area contributed by atoms with Crippen LogP contribution in [0.5, 0.6) is 0 Å². The van der Waals surface area contributed by atoms with Crippen molar-refractivity contribution in [3.05, 3.63) is 60.4 Å². The molecule has 0 atom stereocenters. The molecule has 20 heavy (non-hydrogen) atoms. The van der Waals surface area contributed by atoms with Crippen molar-refractivity contribution < 1.29 is 13.1 Å². The lowest BCUT2D eigenvalue weighted by Gasteiger charge is -2.34. The summed E-state index contributed by atoms with van der Waals surface area (Å²) < 4.78 is 30.0. The van der Waals surface area contributed by atoms with Crippen LogP contribution >= 0.6 is 0 Å². The second-order valence-electron chi connectivity index (χ2n) is 4.32. The molecule has 0 fully saturated rings. The van der Waals surface area contributed by atoms with Gasteiger partial charge in [0.05, 0.1) is 0 Å². The van der Waals surface area contributed by atoms with Gasteiger partial charge in [-0.05, 0) is 18.2 Å². The van der Waals surface area contributed by atoms with Gasteiger partial charge in [0.25, 0.3) is 0 Å². The lowest BCUT2D eigenvalue weighted by molar-refractivity contribution is -0.569. The van der Waals surface area contributed by atoms with E-state index in [0.29, 0.717) is 4.92 Å². The Morgan fingerprint density at radius 2 is 1.80 bits per heavy atom. The molecule has 0 unspecified atom stereocenters. The molecule has 0 bridgehead atoms. The Labute approximate surface area is 114 Å². The normalized spacial score (nSPS) is 16.1. The number of benzene rings is 1. The van der Waals surface area contributed by atoms with Crippen LogP contribution in [0.15, 0.2) is 59.8 Å². The van der Waals surface area contributed by atoms with Gasteiger partial charge in [-0.25, -0.2) is 0 Å². The Morgan fingerprint density at radius 1 is 1.10 bits per heavy atom. The first kappa shape index (κ1) is 12.3. The number of pyridine rings is 1. The van der Waals surface area contributed by atoms with Crippen LogP contribution in [0.4, 0.5) is 14.3 Å².